The molecule has 23 heavy (non-hydrogen) atoms. The number of hydrogen-bond acceptors (Lipinski definition) is 2. The van der Waals surface area contributed by atoms with Gasteiger partial charge in [-0.25, -0.2) is 8.42 Å². The van der Waals surface area contributed by atoms with Crippen molar-refractivity contribution in [1.82, 2.24) is 0 Å². The van der Waals surface area contributed by atoms with Crippen LogP contribution in [0.4, 0.5) is 0 Å². The van der Waals surface area contributed by atoms with E-state index < -0.39 is 9.84 Å². The molecule has 0 aliphatic rings. The Balaban J connectivity index is 2.40. The van der Waals surface area contributed by atoms with E-state index in [0.29, 0.717) is 0 Å². The maximum atomic E-state index is 12.7. The van der Waals surface area contributed by atoms with Gasteiger partial charge in [-0.1, -0.05) is 53.8 Å². The van der Waals surface area contributed by atoms with Crippen molar-refractivity contribution in [2.24, 2.45) is 0 Å². The first kappa shape index (κ1) is 16.8. The standard InChI is InChI=1S/C20H18O2S/c1-3-8-19(12-7-11-18-9-5-4-6-10-18)23(21,22)20-15-13-17(2)14-16-20/h3-6,8-10,12-16H,1-2H3/b8-3+,19-12+. The highest BCUT2D eigenvalue weighted by molar-refractivity contribution is 7.95. The first-order valence-electron chi connectivity index (χ1n) is 7.25. The quantitative estimate of drug-likeness (QED) is 0.624. The molecular weight excluding hydrogens is 304 g/mol. The molecule has 0 aliphatic heterocycles. The van der Waals surface area contributed by atoms with Crippen LogP contribution in [-0.4, -0.2) is 8.42 Å². The number of sulfone groups is 1. The minimum absolute atomic E-state index is 0.187. The second-order valence-electron chi connectivity index (χ2n) is 5.00. The van der Waals surface area contributed by atoms with Crippen LogP contribution in [-0.2, 0) is 9.84 Å². The van der Waals surface area contributed by atoms with E-state index in [2.05, 4.69) is 11.8 Å². The summed E-state index contributed by atoms with van der Waals surface area (Å²) in [5, 5.41) is 0. The number of allylic oxidation sites excluding steroid dienone is 3. The van der Waals surface area contributed by atoms with Crippen LogP contribution in [0.5, 0.6) is 0 Å². The van der Waals surface area contributed by atoms with Crippen molar-refractivity contribution in [2.45, 2.75) is 18.7 Å². The van der Waals surface area contributed by atoms with Crippen LogP contribution in [0, 0.1) is 18.8 Å². The average molecular weight is 322 g/mol. The Hall–Kier alpha value is -2.57. The van der Waals surface area contributed by atoms with E-state index in [-0.39, 0.29) is 9.80 Å². The Labute approximate surface area is 138 Å². The van der Waals surface area contributed by atoms with Crippen molar-refractivity contribution >= 4 is 9.84 Å². The van der Waals surface area contributed by atoms with Gasteiger partial charge >= 0.3 is 0 Å². The number of rotatable bonds is 3. The molecule has 0 spiro atoms. The molecule has 3 heteroatoms. The molecule has 0 atom stereocenters. The smallest absolute Gasteiger partial charge is 0.207 e. The van der Waals surface area contributed by atoms with Gasteiger partial charge in [0.15, 0.2) is 0 Å². The van der Waals surface area contributed by atoms with Crippen molar-refractivity contribution in [2.75, 3.05) is 0 Å². The molecule has 2 rings (SSSR count). The normalized spacial score (nSPS) is 12.0. The number of benzene rings is 2. The van der Waals surface area contributed by atoms with Gasteiger partial charge in [0.25, 0.3) is 0 Å². The Morgan fingerprint density at radius 2 is 1.65 bits per heavy atom. The van der Waals surface area contributed by atoms with Crippen LogP contribution in [0.25, 0.3) is 0 Å². The Morgan fingerprint density at radius 1 is 1.00 bits per heavy atom. The van der Waals surface area contributed by atoms with E-state index in [0.717, 1.165) is 11.1 Å². The van der Waals surface area contributed by atoms with E-state index in [1.807, 2.05) is 37.3 Å². The minimum atomic E-state index is -3.56. The summed E-state index contributed by atoms with van der Waals surface area (Å²) in [6.07, 6.45) is 4.71. The third-order valence-corrected chi connectivity index (χ3v) is 4.94. The minimum Gasteiger partial charge on any atom is -0.218 e. The molecule has 2 aromatic rings. The molecule has 2 aromatic carbocycles. The molecule has 0 amide bonds. The third-order valence-electron chi connectivity index (χ3n) is 3.18. The van der Waals surface area contributed by atoms with Crippen LogP contribution in [0.15, 0.2) is 82.6 Å². The first-order chi connectivity index (χ1) is 11.0. The fourth-order valence-electron chi connectivity index (χ4n) is 1.95. The largest absolute Gasteiger partial charge is 0.218 e. The third kappa shape index (κ3) is 4.45. The predicted molar refractivity (Wildman–Crippen MR) is 94.6 cm³/mol. The second-order valence-corrected chi connectivity index (χ2v) is 6.95. The summed E-state index contributed by atoms with van der Waals surface area (Å²) in [4.78, 5) is 0.459. The van der Waals surface area contributed by atoms with Gasteiger partial charge < -0.3 is 0 Å². The van der Waals surface area contributed by atoms with E-state index in [4.69, 9.17) is 0 Å². The summed E-state index contributed by atoms with van der Waals surface area (Å²) in [5.41, 5.74) is 1.86. The van der Waals surface area contributed by atoms with Crippen molar-refractivity contribution < 1.29 is 8.42 Å². The number of aryl methyl sites for hydroxylation is 1. The molecule has 0 N–H and O–H groups in total. The number of hydrogen-bond donors (Lipinski definition) is 0. The molecule has 0 unspecified atom stereocenters. The van der Waals surface area contributed by atoms with Gasteiger partial charge in [-0.2, -0.15) is 0 Å². The zero-order valence-corrected chi connectivity index (χ0v) is 14.0. The highest BCUT2D eigenvalue weighted by atomic mass is 32.2. The first-order valence-corrected chi connectivity index (χ1v) is 8.73. The maximum Gasteiger partial charge on any atom is 0.207 e. The van der Waals surface area contributed by atoms with Gasteiger partial charge in [0.2, 0.25) is 9.84 Å². The predicted octanol–water partition coefficient (Wildman–Crippen LogP) is 4.28. The molecule has 0 bridgehead atoms. The fraction of sp³-hybridized carbons (Fsp3) is 0.100. The molecular formula is C20H18O2S. The van der Waals surface area contributed by atoms with E-state index >= 15 is 0 Å². The topological polar surface area (TPSA) is 34.1 Å². The van der Waals surface area contributed by atoms with E-state index in [1.165, 1.54) is 6.08 Å². The van der Waals surface area contributed by atoms with Crippen LogP contribution >= 0.6 is 0 Å². The van der Waals surface area contributed by atoms with Gasteiger partial charge in [0.05, 0.1) is 9.80 Å². The van der Waals surface area contributed by atoms with Crippen LogP contribution < -0.4 is 0 Å². The van der Waals surface area contributed by atoms with Crippen molar-refractivity contribution in [3.63, 3.8) is 0 Å². The van der Waals surface area contributed by atoms with Crippen LogP contribution in [0.1, 0.15) is 18.1 Å². The molecule has 0 aliphatic carbocycles. The summed E-state index contributed by atoms with van der Waals surface area (Å²) in [6.45, 7) is 3.70. The van der Waals surface area contributed by atoms with Crippen molar-refractivity contribution in [3.8, 4) is 11.8 Å². The summed E-state index contributed by atoms with van der Waals surface area (Å²) in [6, 6.07) is 16.3. The van der Waals surface area contributed by atoms with Crippen LogP contribution in [0.2, 0.25) is 0 Å². The lowest BCUT2D eigenvalue weighted by molar-refractivity contribution is 0.603. The Kier molecular flexibility index (Phi) is 5.56. The lowest BCUT2D eigenvalue weighted by Gasteiger charge is -2.05. The van der Waals surface area contributed by atoms with Gasteiger partial charge in [-0.15, -0.1) is 0 Å². The van der Waals surface area contributed by atoms with Crippen molar-refractivity contribution in [1.29, 1.82) is 0 Å². The maximum absolute atomic E-state index is 12.7. The van der Waals surface area contributed by atoms with Gasteiger partial charge in [0.1, 0.15) is 0 Å². The molecule has 0 heterocycles. The molecule has 0 radical (unpaired) electrons. The molecule has 0 fully saturated rings. The molecule has 0 saturated heterocycles. The van der Waals surface area contributed by atoms with Gasteiger partial charge in [0, 0.05) is 11.6 Å². The van der Waals surface area contributed by atoms with Gasteiger partial charge in [-0.3, -0.25) is 0 Å². The zero-order valence-electron chi connectivity index (χ0n) is 13.2. The molecule has 116 valence electrons. The second kappa shape index (κ2) is 7.62. The zero-order chi connectivity index (χ0) is 16.7. The highest BCUT2D eigenvalue weighted by Crippen LogP contribution is 2.20. The lowest BCUT2D eigenvalue weighted by Crippen LogP contribution is -2.03. The van der Waals surface area contributed by atoms with E-state index in [9.17, 15) is 8.42 Å². The monoisotopic (exact) mass is 322 g/mol. The fourth-order valence-corrected chi connectivity index (χ4v) is 3.24. The average Bonchev–Trinajstić information content (AvgIpc) is 2.55. The SMILES string of the molecule is C/C=C/C(=C\C#Cc1ccccc1)S(=O)(=O)c1ccc(C)cc1. The van der Waals surface area contributed by atoms with Crippen molar-refractivity contribution in [3.05, 3.63) is 88.9 Å². The highest BCUT2D eigenvalue weighted by Gasteiger charge is 2.17. The summed E-state index contributed by atoms with van der Waals surface area (Å²) < 4.78 is 25.4. The molecule has 0 aromatic heterocycles. The summed E-state index contributed by atoms with van der Waals surface area (Å²) >= 11 is 0. The van der Waals surface area contributed by atoms with Gasteiger partial charge in [-0.05, 0) is 44.2 Å². The van der Waals surface area contributed by atoms with Crippen LogP contribution in [0.3, 0.4) is 0 Å². The molecule has 2 nitrogen and oxygen atoms in total. The Morgan fingerprint density at radius 3 is 2.26 bits per heavy atom. The molecule has 0 saturated carbocycles. The summed E-state index contributed by atoms with van der Waals surface area (Å²) in [5.74, 6) is 5.77. The lowest BCUT2D eigenvalue weighted by atomic mass is 10.2. The summed E-state index contributed by atoms with van der Waals surface area (Å²) in [7, 11) is -3.56. The Bertz CT molecular complexity index is 876. The van der Waals surface area contributed by atoms with E-state index in [1.54, 1.807) is 43.3 Å².